The maximum Gasteiger partial charge on any atom is 0.240 e. The van der Waals surface area contributed by atoms with E-state index in [-0.39, 0.29) is 37.2 Å². The Morgan fingerprint density at radius 2 is 1.75 bits per heavy atom. The fraction of sp³-hybridized carbons (Fsp3) is 0.562. The van der Waals surface area contributed by atoms with Gasteiger partial charge < -0.3 is 11.1 Å². The smallest absolute Gasteiger partial charge is 0.240 e. The molecule has 0 radical (unpaired) electrons. The van der Waals surface area contributed by atoms with Gasteiger partial charge in [-0.3, -0.25) is 4.79 Å². The molecule has 0 spiro atoms. The van der Waals surface area contributed by atoms with Crippen LogP contribution in [0.2, 0.25) is 0 Å². The first-order valence-corrected chi connectivity index (χ1v) is 9.65. The summed E-state index contributed by atoms with van der Waals surface area (Å²) in [6.07, 6.45) is 4.32. The number of halogens is 1. The zero-order valence-electron chi connectivity index (χ0n) is 13.7. The second kappa shape index (κ2) is 9.36. The van der Waals surface area contributed by atoms with E-state index in [1.165, 1.54) is 0 Å². The van der Waals surface area contributed by atoms with Crippen molar-refractivity contribution in [3.63, 3.8) is 0 Å². The van der Waals surface area contributed by atoms with E-state index in [4.69, 9.17) is 5.73 Å². The Morgan fingerprint density at radius 3 is 2.38 bits per heavy atom. The molecule has 6 nitrogen and oxygen atoms in total. The van der Waals surface area contributed by atoms with Crippen LogP contribution >= 0.6 is 12.4 Å². The van der Waals surface area contributed by atoms with E-state index < -0.39 is 15.6 Å². The molecule has 8 heteroatoms. The molecule has 136 valence electrons. The van der Waals surface area contributed by atoms with Crippen LogP contribution in [0.3, 0.4) is 0 Å². The standard InChI is InChI=1S/C16H25N3O3S.ClH/c17-16(9-5-2-6-10-16)15(20)18-11-12-23(21,22)19-13-14-7-3-1-4-8-14;/h1,3-4,7-8,19H,2,5-6,9-13,17H2,(H,18,20);1H. The van der Waals surface area contributed by atoms with Crippen molar-refractivity contribution >= 4 is 28.3 Å². The van der Waals surface area contributed by atoms with E-state index in [0.29, 0.717) is 12.8 Å². The van der Waals surface area contributed by atoms with Crippen molar-refractivity contribution in [3.8, 4) is 0 Å². The summed E-state index contributed by atoms with van der Waals surface area (Å²) in [5.74, 6) is -0.391. The number of benzene rings is 1. The van der Waals surface area contributed by atoms with Gasteiger partial charge in [0.2, 0.25) is 15.9 Å². The molecular weight excluding hydrogens is 350 g/mol. The second-order valence-corrected chi connectivity index (χ2v) is 8.02. The van der Waals surface area contributed by atoms with Crippen molar-refractivity contribution in [1.82, 2.24) is 10.0 Å². The number of nitrogens with two attached hydrogens (primary N) is 1. The fourth-order valence-corrected chi connectivity index (χ4v) is 3.65. The Kier molecular flexibility index (Phi) is 8.15. The minimum absolute atomic E-state index is 0. The molecule has 1 amide bonds. The molecule has 0 unspecified atom stereocenters. The lowest BCUT2D eigenvalue weighted by molar-refractivity contribution is -0.127. The lowest BCUT2D eigenvalue weighted by atomic mass is 9.82. The molecule has 0 aromatic heterocycles. The average Bonchev–Trinajstić information content (AvgIpc) is 2.54. The molecule has 1 saturated carbocycles. The average molecular weight is 376 g/mol. The molecule has 1 aromatic carbocycles. The fourth-order valence-electron chi connectivity index (χ4n) is 2.75. The lowest BCUT2D eigenvalue weighted by Gasteiger charge is -2.31. The van der Waals surface area contributed by atoms with E-state index in [1.807, 2.05) is 30.3 Å². The molecule has 2 rings (SSSR count). The highest BCUT2D eigenvalue weighted by atomic mass is 35.5. The number of rotatable bonds is 7. The number of hydrogen-bond donors (Lipinski definition) is 3. The van der Waals surface area contributed by atoms with Gasteiger partial charge in [0.25, 0.3) is 0 Å². The predicted molar refractivity (Wildman–Crippen MR) is 97.3 cm³/mol. The molecule has 1 aliphatic carbocycles. The van der Waals surface area contributed by atoms with Crippen LogP contribution in [-0.4, -0.2) is 32.2 Å². The van der Waals surface area contributed by atoms with E-state index >= 15 is 0 Å². The lowest BCUT2D eigenvalue weighted by Crippen LogP contribution is -2.55. The largest absolute Gasteiger partial charge is 0.353 e. The topological polar surface area (TPSA) is 101 Å². The summed E-state index contributed by atoms with van der Waals surface area (Å²) in [5.41, 5.74) is 6.17. The van der Waals surface area contributed by atoms with E-state index in [2.05, 4.69) is 10.0 Å². The van der Waals surface area contributed by atoms with Crippen LogP contribution in [0.5, 0.6) is 0 Å². The third kappa shape index (κ3) is 6.39. The molecule has 4 N–H and O–H groups in total. The highest BCUT2D eigenvalue weighted by Crippen LogP contribution is 2.25. The van der Waals surface area contributed by atoms with Crippen molar-refractivity contribution < 1.29 is 13.2 Å². The summed E-state index contributed by atoms with van der Waals surface area (Å²) < 4.78 is 26.4. The van der Waals surface area contributed by atoms with Crippen LogP contribution in [0.25, 0.3) is 0 Å². The monoisotopic (exact) mass is 375 g/mol. The Bertz CT molecular complexity index is 617. The summed E-state index contributed by atoms with van der Waals surface area (Å²) in [4.78, 5) is 12.1. The van der Waals surface area contributed by atoms with Gasteiger partial charge in [-0.05, 0) is 18.4 Å². The zero-order chi connectivity index (χ0) is 16.8. The molecule has 0 atom stereocenters. The van der Waals surface area contributed by atoms with Crippen LogP contribution in [0, 0.1) is 0 Å². The van der Waals surface area contributed by atoms with E-state index in [9.17, 15) is 13.2 Å². The van der Waals surface area contributed by atoms with Crippen molar-refractivity contribution in [2.24, 2.45) is 5.73 Å². The summed E-state index contributed by atoms with van der Waals surface area (Å²) >= 11 is 0. The molecular formula is C16H26ClN3O3S. The number of carbonyl (C=O) groups is 1. The van der Waals surface area contributed by atoms with E-state index in [0.717, 1.165) is 24.8 Å². The Balaban J connectivity index is 0.00000288. The second-order valence-electron chi connectivity index (χ2n) is 6.10. The van der Waals surface area contributed by atoms with Gasteiger partial charge in [0.15, 0.2) is 0 Å². The normalized spacial score (nSPS) is 16.9. The minimum atomic E-state index is -3.43. The third-order valence-electron chi connectivity index (χ3n) is 4.19. The molecule has 1 aromatic rings. The number of amides is 1. The predicted octanol–water partition coefficient (Wildman–Crippen LogP) is 1.31. The number of nitrogens with one attached hydrogen (secondary N) is 2. The quantitative estimate of drug-likeness (QED) is 0.668. The third-order valence-corrected chi connectivity index (χ3v) is 5.52. The van der Waals surface area contributed by atoms with Crippen LogP contribution in [0.4, 0.5) is 0 Å². The summed E-state index contributed by atoms with van der Waals surface area (Å²) in [6.45, 7) is 0.319. The molecule has 0 heterocycles. The summed E-state index contributed by atoms with van der Waals surface area (Å²) in [5, 5.41) is 2.66. The first-order chi connectivity index (χ1) is 10.9. The van der Waals surface area contributed by atoms with Gasteiger partial charge in [0.1, 0.15) is 0 Å². The SMILES string of the molecule is Cl.NC1(C(=O)NCCS(=O)(=O)NCc2ccccc2)CCCCC1. The summed E-state index contributed by atoms with van der Waals surface area (Å²) in [6, 6.07) is 9.29. The first kappa shape index (κ1) is 20.9. The Hall–Kier alpha value is -1.15. The number of sulfonamides is 1. The van der Waals surface area contributed by atoms with Crippen LogP contribution < -0.4 is 15.8 Å². The molecule has 1 fully saturated rings. The zero-order valence-corrected chi connectivity index (χ0v) is 15.3. The molecule has 0 bridgehead atoms. The minimum Gasteiger partial charge on any atom is -0.353 e. The first-order valence-electron chi connectivity index (χ1n) is 8.00. The van der Waals surface area contributed by atoms with Gasteiger partial charge in [-0.1, -0.05) is 49.6 Å². The molecule has 24 heavy (non-hydrogen) atoms. The highest BCUT2D eigenvalue weighted by Gasteiger charge is 2.35. The number of hydrogen-bond acceptors (Lipinski definition) is 4. The molecule has 0 aliphatic heterocycles. The molecule has 1 aliphatic rings. The van der Waals surface area contributed by atoms with Gasteiger partial charge in [0.05, 0.1) is 11.3 Å². The maximum atomic E-state index is 12.1. The Morgan fingerprint density at radius 1 is 1.12 bits per heavy atom. The number of carbonyl (C=O) groups excluding carboxylic acids is 1. The van der Waals surface area contributed by atoms with Gasteiger partial charge in [-0.2, -0.15) is 0 Å². The van der Waals surface area contributed by atoms with Crippen LogP contribution in [0.1, 0.15) is 37.7 Å². The van der Waals surface area contributed by atoms with Gasteiger partial charge >= 0.3 is 0 Å². The molecule has 0 saturated heterocycles. The van der Waals surface area contributed by atoms with Crippen molar-refractivity contribution in [3.05, 3.63) is 35.9 Å². The van der Waals surface area contributed by atoms with Gasteiger partial charge in [0, 0.05) is 13.1 Å². The van der Waals surface area contributed by atoms with Gasteiger partial charge in [-0.25, -0.2) is 13.1 Å². The van der Waals surface area contributed by atoms with Crippen molar-refractivity contribution in [1.29, 1.82) is 0 Å². The van der Waals surface area contributed by atoms with Crippen LogP contribution in [-0.2, 0) is 21.4 Å². The van der Waals surface area contributed by atoms with Crippen molar-refractivity contribution in [2.75, 3.05) is 12.3 Å². The maximum absolute atomic E-state index is 12.1. The Labute approximate surface area is 150 Å². The summed E-state index contributed by atoms with van der Waals surface area (Å²) in [7, 11) is -3.43. The van der Waals surface area contributed by atoms with E-state index in [1.54, 1.807) is 0 Å². The van der Waals surface area contributed by atoms with Gasteiger partial charge in [-0.15, -0.1) is 12.4 Å². The highest BCUT2D eigenvalue weighted by molar-refractivity contribution is 7.89. The van der Waals surface area contributed by atoms with Crippen molar-refractivity contribution in [2.45, 2.75) is 44.2 Å². The van der Waals surface area contributed by atoms with Crippen LogP contribution in [0.15, 0.2) is 30.3 Å².